The number of halogens is 1. The third-order valence-corrected chi connectivity index (χ3v) is 5.26. The normalized spacial score (nSPS) is 27.2. The average Bonchev–Trinajstić information content (AvgIpc) is 3.23. The Labute approximate surface area is 133 Å². The van der Waals surface area contributed by atoms with E-state index in [1.165, 1.54) is 25.7 Å². The molecule has 112 valence electrons. The van der Waals surface area contributed by atoms with Gasteiger partial charge in [-0.15, -0.1) is 0 Å². The zero-order chi connectivity index (χ0) is 14.8. The lowest BCUT2D eigenvalue weighted by atomic mass is 10.0. The topological polar surface area (TPSA) is 50.7 Å². The quantitative estimate of drug-likeness (QED) is 0.668. The molecule has 1 N–H and O–H groups in total. The van der Waals surface area contributed by atoms with Crippen molar-refractivity contribution in [1.82, 2.24) is 5.43 Å². The summed E-state index contributed by atoms with van der Waals surface area (Å²) in [5, 5.41) is 4.09. The molecule has 1 aromatic carbocycles. The molecule has 0 bridgehead atoms. The van der Waals surface area contributed by atoms with E-state index in [2.05, 4.69) is 26.5 Å². The molecule has 0 radical (unpaired) electrons. The molecule has 2 saturated carbocycles. The molecule has 2 aliphatic rings. The fourth-order valence-corrected chi connectivity index (χ4v) is 3.72. The van der Waals surface area contributed by atoms with Gasteiger partial charge in [0.1, 0.15) is 5.75 Å². The van der Waals surface area contributed by atoms with Crippen LogP contribution in [0.3, 0.4) is 0 Å². The summed E-state index contributed by atoms with van der Waals surface area (Å²) in [6, 6.07) is 5.64. The number of hydrogen-bond donors (Lipinski definition) is 1. The Morgan fingerprint density at radius 1 is 1.38 bits per heavy atom. The van der Waals surface area contributed by atoms with E-state index in [0.29, 0.717) is 11.8 Å². The zero-order valence-electron chi connectivity index (χ0n) is 12.0. The van der Waals surface area contributed by atoms with Gasteiger partial charge in [-0.3, -0.25) is 4.79 Å². The Hall–Kier alpha value is -1.36. The Balaban J connectivity index is 1.58. The summed E-state index contributed by atoms with van der Waals surface area (Å²) < 4.78 is 6.10. The van der Waals surface area contributed by atoms with Crippen LogP contribution in [0.1, 0.15) is 31.2 Å². The summed E-state index contributed by atoms with van der Waals surface area (Å²) in [5.41, 5.74) is 3.56. The van der Waals surface area contributed by atoms with Crippen LogP contribution in [-0.2, 0) is 4.79 Å². The van der Waals surface area contributed by atoms with E-state index in [1.54, 1.807) is 13.3 Å². The molecule has 2 unspecified atom stereocenters. The van der Waals surface area contributed by atoms with Crippen molar-refractivity contribution in [2.24, 2.45) is 22.9 Å². The average molecular weight is 351 g/mol. The van der Waals surface area contributed by atoms with Gasteiger partial charge < -0.3 is 4.74 Å². The lowest BCUT2D eigenvalue weighted by molar-refractivity contribution is -0.122. The SMILES string of the molecule is COc1ccc(Br)c(C=NNC(=O)C2C3CCCCC32)c1. The number of nitrogens with one attached hydrogen (secondary N) is 1. The van der Waals surface area contributed by atoms with Gasteiger partial charge in [0, 0.05) is 16.0 Å². The van der Waals surface area contributed by atoms with Gasteiger partial charge in [0.2, 0.25) is 5.91 Å². The summed E-state index contributed by atoms with van der Waals surface area (Å²) in [6.07, 6.45) is 6.59. The Morgan fingerprint density at radius 2 is 2.10 bits per heavy atom. The summed E-state index contributed by atoms with van der Waals surface area (Å²) in [7, 11) is 1.63. The predicted octanol–water partition coefficient (Wildman–Crippen LogP) is 3.34. The van der Waals surface area contributed by atoms with E-state index in [-0.39, 0.29) is 11.8 Å². The molecule has 21 heavy (non-hydrogen) atoms. The van der Waals surface area contributed by atoms with E-state index in [4.69, 9.17) is 4.74 Å². The summed E-state index contributed by atoms with van der Waals surface area (Å²) in [5.74, 6) is 2.25. The van der Waals surface area contributed by atoms with Crippen molar-refractivity contribution in [3.8, 4) is 5.75 Å². The van der Waals surface area contributed by atoms with Gasteiger partial charge in [-0.25, -0.2) is 5.43 Å². The lowest BCUT2D eigenvalue weighted by Gasteiger charge is -2.04. The van der Waals surface area contributed by atoms with Crippen LogP contribution in [0.2, 0.25) is 0 Å². The number of fused-ring (bicyclic) bond motifs is 1. The van der Waals surface area contributed by atoms with Crippen LogP contribution in [-0.4, -0.2) is 19.2 Å². The van der Waals surface area contributed by atoms with Gasteiger partial charge in [-0.05, 0) is 42.9 Å². The van der Waals surface area contributed by atoms with Gasteiger partial charge >= 0.3 is 0 Å². The third-order valence-electron chi connectivity index (χ3n) is 4.54. The second-order valence-electron chi connectivity index (χ2n) is 5.76. The number of carbonyl (C=O) groups excluding carboxylic acids is 1. The van der Waals surface area contributed by atoms with E-state index >= 15 is 0 Å². The minimum absolute atomic E-state index is 0.0715. The summed E-state index contributed by atoms with van der Waals surface area (Å²) >= 11 is 3.46. The molecular weight excluding hydrogens is 332 g/mol. The van der Waals surface area contributed by atoms with E-state index in [9.17, 15) is 4.79 Å². The summed E-state index contributed by atoms with van der Waals surface area (Å²) in [6.45, 7) is 0. The third kappa shape index (κ3) is 3.12. The van der Waals surface area contributed by atoms with Gasteiger partial charge in [-0.2, -0.15) is 5.10 Å². The number of methoxy groups -OCH3 is 1. The number of hydrazone groups is 1. The van der Waals surface area contributed by atoms with Crippen LogP contribution >= 0.6 is 15.9 Å². The molecule has 5 heteroatoms. The van der Waals surface area contributed by atoms with Gasteiger partial charge in [0.15, 0.2) is 0 Å². The maximum atomic E-state index is 12.1. The largest absolute Gasteiger partial charge is 0.497 e. The number of carbonyl (C=O) groups is 1. The molecule has 0 aromatic heterocycles. The summed E-state index contributed by atoms with van der Waals surface area (Å²) in [4.78, 5) is 12.1. The van der Waals surface area contributed by atoms with Crippen molar-refractivity contribution in [2.75, 3.05) is 7.11 Å². The highest BCUT2D eigenvalue weighted by Crippen LogP contribution is 2.55. The first kappa shape index (κ1) is 14.6. The first-order chi connectivity index (χ1) is 10.2. The molecule has 2 fully saturated rings. The van der Waals surface area contributed by atoms with Crippen LogP contribution in [0.4, 0.5) is 0 Å². The first-order valence-corrected chi connectivity index (χ1v) is 8.16. The maximum Gasteiger partial charge on any atom is 0.243 e. The van der Waals surface area contributed by atoms with Crippen molar-refractivity contribution in [2.45, 2.75) is 25.7 Å². The monoisotopic (exact) mass is 350 g/mol. The fourth-order valence-electron chi connectivity index (χ4n) is 3.37. The van der Waals surface area contributed by atoms with Crippen LogP contribution in [0.15, 0.2) is 27.8 Å². The van der Waals surface area contributed by atoms with Crippen LogP contribution in [0.25, 0.3) is 0 Å². The molecule has 3 rings (SSSR count). The molecule has 0 aliphatic heterocycles. The smallest absolute Gasteiger partial charge is 0.243 e. The second-order valence-corrected chi connectivity index (χ2v) is 6.61. The lowest BCUT2D eigenvalue weighted by Crippen LogP contribution is -2.20. The Morgan fingerprint density at radius 3 is 2.76 bits per heavy atom. The standard InChI is InChI=1S/C16H19BrN2O2/c1-21-11-6-7-14(17)10(8-11)9-18-19-16(20)15-12-4-2-3-5-13(12)15/h6-9,12-13,15H,2-5H2,1H3,(H,19,20). The van der Waals surface area contributed by atoms with E-state index < -0.39 is 0 Å². The molecule has 2 aliphatic carbocycles. The van der Waals surface area contributed by atoms with Gasteiger partial charge in [0.25, 0.3) is 0 Å². The number of hydrogen-bond acceptors (Lipinski definition) is 3. The zero-order valence-corrected chi connectivity index (χ0v) is 13.6. The molecule has 1 amide bonds. The molecule has 2 atom stereocenters. The van der Waals surface area contributed by atoms with Gasteiger partial charge in [-0.1, -0.05) is 28.8 Å². The van der Waals surface area contributed by atoms with Crippen LogP contribution in [0.5, 0.6) is 5.75 Å². The number of ether oxygens (including phenoxy) is 1. The van der Waals surface area contributed by atoms with Crippen molar-refractivity contribution >= 4 is 28.1 Å². The first-order valence-electron chi connectivity index (χ1n) is 7.37. The Bertz CT molecular complexity index is 561. The Kier molecular flexibility index (Phi) is 4.29. The molecule has 0 saturated heterocycles. The predicted molar refractivity (Wildman–Crippen MR) is 85.4 cm³/mol. The highest BCUT2D eigenvalue weighted by Gasteiger charge is 2.54. The molecule has 0 heterocycles. The number of nitrogens with zero attached hydrogens (tertiary/aromatic N) is 1. The van der Waals surface area contributed by atoms with Crippen molar-refractivity contribution in [3.63, 3.8) is 0 Å². The van der Waals surface area contributed by atoms with Crippen LogP contribution < -0.4 is 10.2 Å². The maximum absolute atomic E-state index is 12.1. The van der Waals surface area contributed by atoms with Gasteiger partial charge in [0.05, 0.1) is 13.3 Å². The minimum Gasteiger partial charge on any atom is -0.497 e. The highest BCUT2D eigenvalue weighted by molar-refractivity contribution is 9.10. The van der Waals surface area contributed by atoms with Crippen molar-refractivity contribution in [3.05, 3.63) is 28.2 Å². The van der Waals surface area contributed by atoms with Crippen molar-refractivity contribution < 1.29 is 9.53 Å². The van der Waals surface area contributed by atoms with E-state index in [1.807, 2.05) is 18.2 Å². The number of amides is 1. The van der Waals surface area contributed by atoms with Crippen LogP contribution in [0, 0.1) is 17.8 Å². The van der Waals surface area contributed by atoms with Crippen molar-refractivity contribution in [1.29, 1.82) is 0 Å². The molecule has 4 nitrogen and oxygen atoms in total. The highest BCUT2D eigenvalue weighted by atomic mass is 79.9. The molecular formula is C16H19BrN2O2. The number of benzene rings is 1. The molecule has 0 spiro atoms. The molecule has 1 aromatic rings. The number of rotatable bonds is 4. The fraction of sp³-hybridized carbons (Fsp3) is 0.500. The van der Waals surface area contributed by atoms with E-state index in [0.717, 1.165) is 15.8 Å². The minimum atomic E-state index is 0.0715. The second kappa shape index (κ2) is 6.18.